The van der Waals surface area contributed by atoms with Crippen molar-refractivity contribution in [2.24, 2.45) is 0 Å². The minimum Gasteiger partial charge on any atom is -0.497 e. The molecule has 1 heterocycles. The molecule has 0 bridgehead atoms. The first-order chi connectivity index (χ1) is 13.9. The Bertz CT molecular complexity index is 1050. The number of benzene rings is 2. The van der Waals surface area contributed by atoms with Gasteiger partial charge in [0, 0.05) is 24.7 Å². The van der Waals surface area contributed by atoms with Crippen LogP contribution in [0.25, 0.3) is 0 Å². The highest BCUT2D eigenvalue weighted by Gasteiger charge is 2.29. The maximum absolute atomic E-state index is 13.1. The normalized spacial score (nSPS) is 18.3. The van der Waals surface area contributed by atoms with Crippen LogP contribution in [0, 0.1) is 0 Å². The molecule has 2 aromatic rings. The maximum Gasteiger partial charge on any atom is 0.241 e. The quantitative estimate of drug-likeness (QED) is 0.814. The van der Waals surface area contributed by atoms with Crippen molar-refractivity contribution in [3.8, 4) is 5.75 Å². The van der Waals surface area contributed by atoms with Crippen LogP contribution in [0.5, 0.6) is 5.75 Å². The molecule has 6 nitrogen and oxygen atoms in total. The minimum atomic E-state index is -3.67. The summed E-state index contributed by atoms with van der Waals surface area (Å²) in [5, 5.41) is 0. The van der Waals surface area contributed by atoms with E-state index in [9.17, 15) is 13.2 Å². The van der Waals surface area contributed by atoms with Gasteiger partial charge < -0.3 is 9.64 Å². The standard InChI is InChI=1S/C22H26N2O4S/c1-3-22(25)24-12-11-16-14-18(8-10-21(16)24)29(26,27)23-20-6-4-5-15-13-17(28-2)7-9-19(15)20/h7-10,13-14,20,23H,3-6,11-12H2,1-2H3/t20-/m1/s1. The number of hydrogen-bond donors (Lipinski definition) is 1. The Balaban J connectivity index is 1.59. The van der Waals surface area contributed by atoms with Crippen molar-refractivity contribution in [2.45, 2.75) is 50.0 Å². The number of rotatable bonds is 5. The molecule has 0 fully saturated rings. The third kappa shape index (κ3) is 3.76. The smallest absolute Gasteiger partial charge is 0.241 e. The van der Waals surface area contributed by atoms with Crippen LogP contribution in [0.4, 0.5) is 5.69 Å². The van der Waals surface area contributed by atoms with Crippen molar-refractivity contribution in [1.29, 1.82) is 0 Å². The number of carbonyl (C=O) groups excluding carboxylic acids is 1. The fourth-order valence-electron chi connectivity index (χ4n) is 4.29. The molecule has 0 unspecified atom stereocenters. The van der Waals surface area contributed by atoms with Gasteiger partial charge in [0.05, 0.1) is 12.0 Å². The lowest BCUT2D eigenvalue weighted by Crippen LogP contribution is -2.31. The van der Waals surface area contributed by atoms with E-state index < -0.39 is 10.0 Å². The highest BCUT2D eigenvalue weighted by Crippen LogP contribution is 2.34. The number of ether oxygens (including phenoxy) is 1. The van der Waals surface area contributed by atoms with Crippen molar-refractivity contribution in [3.05, 3.63) is 53.1 Å². The molecule has 7 heteroatoms. The van der Waals surface area contributed by atoms with E-state index in [0.717, 1.165) is 47.4 Å². The highest BCUT2D eigenvalue weighted by molar-refractivity contribution is 7.89. The summed E-state index contributed by atoms with van der Waals surface area (Å²) in [6, 6.07) is 10.6. The third-order valence-corrected chi connectivity index (χ3v) is 7.29. The van der Waals surface area contributed by atoms with E-state index in [1.54, 1.807) is 30.2 Å². The van der Waals surface area contributed by atoms with E-state index in [1.807, 2.05) is 25.1 Å². The van der Waals surface area contributed by atoms with Gasteiger partial charge in [-0.2, -0.15) is 0 Å². The van der Waals surface area contributed by atoms with Crippen LogP contribution >= 0.6 is 0 Å². The first-order valence-corrected chi connectivity index (χ1v) is 11.5. The predicted octanol–water partition coefficient (Wildman–Crippen LogP) is 3.35. The molecule has 0 spiro atoms. The van der Waals surface area contributed by atoms with E-state index in [2.05, 4.69) is 4.72 Å². The van der Waals surface area contributed by atoms with E-state index >= 15 is 0 Å². The molecule has 0 radical (unpaired) electrons. The van der Waals surface area contributed by atoms with E-state index in [-0.39, 0.29) is 16.8 Å². The van der Waals surface area contributed by atoms with Gasteiger partial charge in [0.25, 0.3) is 0 Å². The zero-order valence-electron chi connectivity index (χ0n) is 16.8. The van der Waals surface area contributed by atoms with Gasteiger partial charge in [0.2, 0.25) is 15.9 Å². The number of fused-ring (bicyclic) bond motifs is 2. The molecular formula is C22H26N2O4S. The number of sulfonamides is 1. The molecular weight excluding hydrogens is 388 g/mol. The zero-order valence-corrected chi connectivity index (χ0v) is 17.6. The zero-order chi connectivity index (χ0) is 20.6. The molecule has 0 aromatic heterocycles. The second-order valence-corrected chi connectivity index (χ2v) is 9.28. The second kappa shape index (κ2) is 7.80. The summed E-state index contributed by atoms with van der Waals surface area (Å²) in [5.74, 6) is 0.851. The summed E-state index contributed by atoms with van der Waals surface area (Å²) in [7, 11) is -2.04. The minimum absolute atomic E-state index is 0.0618. The van der Waals surface area contributed by atoms with Crippen molar-refractivity contribution < 1.29 is 17.9 Å². The van der Waals surface area contributed by atoms with Gasteiger partial charge in [-0.25, -0.2) is 13.1 Å². The monoisotopic (exact) mass is 414 g/mol. The van der Waals surface area contributed by atoms with Gasteiger partial charge in [-0.3, -0.25) is 4.79 Å². The van der Waals surface area contributed by atoms with E-state index in [4.69, 9.17) is 4.74 Å². The number of nitrogens with zero attached hydrogens (tertiary/aromatic N) is 1. The maximum atomic E-state index is 13.1. The second-order valence-electron chi connectivity index (χ2n) is 7.57. The Hall–Kier alpha value is -2.38. The fourth-order valence-corrected chi connectivity index (χ4v) is 5.59. The van der Waals surface area contributed by atoms with Gasteiger partial charge in [-0.15, -0.1) is 0 Å². The first kappa shape index (κ1) is 19.9. The summed E-state index contributed by atoms with van der Waals surface area (Å²) in [5.41, 5.74) is 3.88. The molecule has 1 N–H and O–H groups in total. The first-order valence-electron chi connectivity index (χ1n) is 10.1. The fraction of sp³-hybridized carbons (Fsp3) is 0.409. The SMILES string of the molecule is CCC(=O)N1CCc2cc(S(=O)(=O)N[C@@H]3CCCc4cc(OC)ccc43)ccc21. The number of nitrogens with one attached hydrogen (secondary N) is 1. The molecule has 1 aliphatic heterocycles. The molecule has 4 rings (SSSR count). The van der Waals surface area contributed by atoms with E-state index in [0.29, 0.717) is 19.4 Å². The van der Waals surface area contributed by atoms with Gasteiger partial charge in [0.1, 0.15) is 5.75 Å². The largest absolute Gasteiger partial charge is 0.497 e. The van der Waals surface area contributed by atoms with Crippen LogP contribution in [0.2, 0.25) is 0 Å². The van der Waals surface area contributed by atoms with Crippen LogP contribution in [-0.2, 0) is 27.7 Å². The lowest BCUT2D eigenvalue weighted by molar-refractivity contribution is -0.118. The molecule has 2 aromatic carbocycles. The molecule has 1 amide bonds. The van der Waals surface area contributed by atoms with Gasteiger partial charge in [0.15, 0.2) is 0 Å². The van der Waals surface area contributed by atoms with Gasteiger partial charge in [-0.05, 0) is 72.7 Å². The van der Waals surface area contributed by atoms with E-state index in [1.165, 1.54) is 0 Å². The Morgan fingerprint density at radius 3 is 2.76 bits per heavy atom. The predicted molar refractivity (Wildman–Crippen MR) is 112 cm³/mol. The highest BCUT2D eigenvalue weighted by atomic mass is 32.2. The van der Waals surface area contributed by atoms with Crippen LogP contribution in [-0.4, -0.2) is 28.0 Å². The molecule has 0 saturated heterocycles. The molecule has 154 valence electrons. The van der Waals surface area contributed by atoms with Crippen LogP contribution in [0.3, 0.4) is 0 Å². The number of carbonyl (C=O) groups is 1. The average Bonchev–Trinajstić information content (AvgIpc) is 3.16. The molecule has 1 atom stereocenters. The van der Waals surface area contributed by atoms with Gasteiger partial charge in [-0.1, -0.05) is 13.0 Å². The Kier molecular flexibility index (Phi) is 5.36. The number of hydrogen-bond acceptors (Lipinski definition) is 4. The Morgan fingerprint density at radius 2 is 2.00 bits per heavy atom. The number of methoxy groups -OCH3 is 1. The topological polar surface area (TPSA) is 75.7 Å². The van der Waals surface area contributed by atoms with Crippen LogP contribution < -0.4 is 14.4 Å². The number of anilines is 1. The van der Waals surface area contributed by atoms with Gasteiger partial charge >= 0.3 is 0 Å². The van der Waals surface area contributed by atoms with Crippen LogP contribution in [0.15, 0.2) is 41.3 Å². The molecule has 1 aliphatic carbocycles. The lowest BCUT2D eigenvalue weighted by atomic mass is 9.88. The van der Waals surface area contributed by atoms with Crippen molar-refractivity contribution in [2.75, 3.05) is 18.6 Å². The molecule has 29 heavy (non-hydrogen) atoms. The van der Waals surface area contributed by atoms with Crippen molar-refractivity contribution in [1.82, 2.24) is 4.72 Å². The summed E-state index contributed by atoms with van der Waals surface area (Å²) >= 11 is 0. The number of amides is 1. The summed E-state index contributed by atoms with van der Waals surface area (Å²) in [6.45, 7) is 2.44. The molecule has 0 saturated carbocycles. The summed E-state index contributed by atoms with van der Waals surface area (Å²) in [6.07, 6.45) is 3.72. The van der Waals surface area contributed by atoms with Crippen molar-refractivity contribution >= 4 is 21.6 Å². The summed E-state index contributed by atoms with van der Waals surface area (Å²) < 4.78 is 34.4. The van der Waals surface area contributed by atoms with Crippen molar-refractivity contribution in [3.63, 3.8) is 0 Å². The molecule has 2 aliphatic rings. The number of aryl methyl sites for hydroxylation is 1. The summed E-state index contributed by atoms with van der Waals surface area (Å²) in [4.78, 5) is 14.1. The third-order valence-electron chi connectivity index (χ3n) is 5.82. The Labute approximate surface area is 171 Å². The Morgan fingerprint density at radius 1 is 1.17 bits per heavy atom. The lowest BCUT2D eigenvalue weighted by Gasteiger charge is -2.26. The van der Waals surface area contributed by atoms with Crippen LogP contribution in [0.1, 0.15) is 48.9 Å². The average molecular weight is 415 g/mol.